The van der Waals surface area contributed by atoms with Gasteiger partial charge in [0, 0.05) is 12.1 Å². The van der Waals surface area contributed by atoms with Gasteiger partial charge in [0.15, 0.2) is 6.61 Å². The van der Waals surface area contributed by atoms with Crippen LogP contribution in [0.2, 0.25) is 0 Å². The summed E-state index contributed by atoms with van der Waals surface area (Å²) in [6.45, 7) is 1.82. The number of ether oxygens (including phenoxy) is 1. The summed E-state index contributed by atoms with van der Waals surface area (Å²) in [6, 6.07) is 16.9. The highest BCUT2D eigenvalue weighted by Crippen LogP contribution is 2.19. The third kappa shape index (κ3) is 6.05. The van der Waals surface area contributed by atoms with Gasteiger partial charge in [-0.15, -0.1) is 0 Å². The average Bonchev–Trinajstić information content (AvgIpc) is 2.69. The number of carbonyl (C=O) groups is 3. The first-order valence-corrected chi connectivity index (χ1v) is 8.46. The maximum Gasteiger partial charge on any atom is 0.325 e. The van der Waals surface area contributed by atoms with E-state index in [2.05, 4.69) is 10.6 Å². The Balaban J connectivity index is 1.79. The lowest BCUT2D eigenvalue weighted by molar-refractivity contribution is -0.147. The molecule has 0 radical (unpaired) electrons. The van der Waals surface area contributed by atoms with Crippen molar-refractivity contribution in [3.8, 4) is 11.1 Å². The second-order valence-electron chi connectivity index (χ2n) is 5.64. The molecule has 2 aromatic carbocycles. The SMILES string of the molecule is CCCNC(=O)COC(=O)CNC(=O)c1ccc(-c2ccccc2)cc1. The standard InChI is InChI=1S/C20H22N2O4/c1-2-12-21-18(23)14-26-19(24)13-22-20(25)17-10-8-16(9-11-17)15-6-4-3-5-7-15/h3-11H,2,12-14H2,1H3,(H,21,23)(H,22,25). The van der Waals surface area contributed by atoms with Crippen molar-refractivity contribution in [2.24, 2.45) is 0 Å². The van der Waals surface area contributed by atoms with Crippen LogP contribution in [0.15, 0.2) is 54.6 Å². The molecule has 6 nitrogen and oxygen atoms in total. The molecule has 136 valence electrons. The molecule has 2 aromatic rings. The number of esters is 1. The number of hydrogen-bond acceptors (Lipinski definition) is 4. The number of hydrogen-bond donors (Lipinski definition) is 2. The summed E-state index contributed by atoms with van der Waals surface area (Å²) < 4.78 is 4.80. The first-order valence-electron chi connectivity index (χ1n) is 8.46. The van der Waals surface area contributed by atoms with Gasteiger partial charge in [-0.1, -0.05) is 49.4 Å². The highest BCUT2D eigenvalue weighted by atomic mass is 16.5. The van der Waals surface area contributed by atoms with Crippen molar-refractivity contribution >= 4 is 17.8 Å². The molecule has 0 aliphatic heterocycles. The van der Waals surface area contributed by atoms with Gasteiger partial charge < -0.3 is 15.4 Å². The van der Waals surface area contributed by atoms with Gasteiger partial charge in [0.1, 0.15) is 6.54 Å². The van der Waals surface area contributed by atoms with E-state index in [9.17, 15) is 14.4 Å². The molecule has 0 aliphatic rings. The summed E-state index contributed by atoms with van der Waals surface area (Å²) >= 11 is 0. The summed E-state index contributed by atoms with van der Waals surface area (Å²) in [5.41, 5.74) is 2.50. The van der Waals surface area contributed by atoms with Crippen LogP contribution in [-0.2, 0) is 14.3 Å². The number of amides is 2. The minimum Gasteiger partial charge on any atom is -0.454 e. The zero-order chi connectivity index (χ0) is 18.8. The Kier molecular flexibility index (Phi) is 7.36. The number of carbonyl (C=O) groups excluding carboxylic acids is 3. The van der Waals surface area contributed by atoms with Gasteiger partial charge in [0.25, 0.3) is 11.8 Å². The highest BCUT2D eigenvalue weighted by Gasteiger charge is 2.10. The molecule has 0 aliphatic carbocycles. The Morgan fingerprint density at radius 1 is 0.885 bits per heavy atom. The van der Waals surface area contributed by atoms with Crippen LogP contribution in [0, 0.1) is 0 Å². The molecule has 2 amide bonds. The Labute approximate surface area is 152 Å². The van der Waals surface area contributed by atoms with E-state index in [1.54, 1.807) is 12.1 Å². The zero-order valence-electron chi connectivity index (χ0n) is 14.7. The van der Waals surface area contributed by atoms with Gasteiger partial charge in [-0.25, -0.2) is 0 Å². The topological polar surface area (TPSA) is 84.5 Å². The van der Waals surface area contributed by atoms with Gasteiger partial charge in [-0.3, -0.25) is 14.4 Å². The van der Waals surface area contributed by atoms with E-state index in [0.29, 0.717) is 12.1 Å². The van der Waals surface area contributed by atoms with E-state index >= 15 is 0 Å². The van der Waals surface area contributed by atoms with Gasteiger partial charge in [0.2, 0.25) is 0 Å². The molecule has 0 heterocycles. The quantitative estimate of drug-likeness (QED) is 0.712. The van der Waals surface area contributed by atoms with Crippen molar-refractivity contribution in [3.63, 3.8) is 0 Å². The van der Waals surface area contributed by atoms with Gasteiger partial charge in [0.05, 0.1) is 0 Å². The summed E-state index contributed by atoms with van der Waals surface area (Å²) in [5, 5.41) is 5.07. The van der Waals surface area contributed by atoms with Gasteiger partial charge in [-0.05, 0) is 29.7 Å². The van der Waals surface area contributed by atoms with Crippen LogP contribution in [0.1, 0.15) is 23.7 Å². The Morgan fingerprint density at radius 3 is 2.19 bits per heavy atom. The fourth-order valence-electron chi connectivity index (χ4n) is 2.21. The van der Waals surface area contributed by atoms with Crippen LogP contribution in [-0.4, -0.2) is 37.5 Å². The number of benzene rings is 2. The van der Waals surface area contributed by atoms with Gasteiger partial charge in [-0.2, -0.15) is 0 Å². The molecule has 0 atom stereocenters. The maximum absolute atomic E-state index is 12.1. The summed E-state index contributed by atoms with van der Waals surface area (Å²) in [7, 11) is 0. The minimum absolute atomic E-state index is 0.291. The Bertz CT molecular complexity index is 742. The zero-order valence-corrected chi connectivity index (χ0v) is 14.7. The van der Waals surface area contributed by atoms with Gasteiger partial charge >= 0.3 is 5.97 Å². The molecule has 0 spiro atoms. The first kappa shape index (κ1) is 19.2. The second-order valence-corrected chi connectivity index (χ2v) is 5.64. The van der Waals surface area contributed by atoms with Crippen LogP contribution in [0.4, 0.5) is 0 Å². The predicted octanol–water partition coefficient (Wildman–Crippen LogP) is 2.15. The second kappa shape index (κ2) is 9.98. The average molecular weight is 354 g/mol. The van der Waals surface area contributed by atoms with E-state index in [-0.39, 0.29) is 25.0 Å². The highest BCUT2D eigenvalue weighted by molar-refractivity contribution is 5.96. The van der Waals surface area contributed by atoms with Crippen molar-refractivity contribution in [1.82, 2.24) is 10.6 Å². The summed E-state index contributed by atoms with van der Waals surface area (Å²) in [5.74, 6) is -1.40. The third-order valence-electron chi connectivity index (χ3n) is 3.58. The molecule has 0 unspecified atom stereocenters. The molecular weight excluding hydrogens is 332 g/mol. The van der Waals surface area contributed by atoms with E-state index in [1.165, 1.54) is 0 Å². The Morgan fingerprint density at radius 2 is 1.54 bits per heavy atom. The Hall–Kier alpha value is -3.15. The summed E-state index contributed by atoms with van der Waals surface area (Å²) in [4.78, 5) is 35.0. The van der Waals surface area contributed by atoms with E-state index in [0.717, 1.165) is 17.5 Å². The molecular formula is C20H22N2O4. The lowest BCUT2D eigenvalue weighted by atomic mass is 10.0. The largest absolute Gasteiger partial charge is 0.454 e. The smallest absolute Gasteiger partial charge is 0.325 e. The van der Waals surface area contributed by atoms with Crippen molar-refractivity contribution < 1.29 is 19.1 Å². The molecule has 26 heavy (non-hydrogen) atoms. The monoisotopic (exact) mass is 354 g/mol. The van der Waals surface area contributed by atoms with Crippen molar-refractivity contribution in [2.75, 3.05) is 19.7 Å². The fourth-order valence-corrected chi connectivity index (χ4v) is 2.21. The fraction of sp³-hybridized carbons (Fsp3) is 0.250. The molecule has 0 saturated heterocycles. The van der Waals surface area contributed by atoms with Crippen LogP contribution >= 0.6 is 0 Å². The molecule has 2 N–H and O–H groups in total. The van der Waals surface area contributed by atoms with Crippen molar-refractivity contribution in [2.45, 2.75) is 13.3 Å². The number of rotatable bonds is 8. The van der Waals surface area contributed by atoms with Crippen LogP contribution < -0.4 is 10.6 Å². The predicted molar refractivity (Wildman–Crippen MR) is 98.5 cm³/mol. The lowest BCUT2D eigenvalue weighted by Crippen LogP contribution is -2.34. The summed E-state index contributed by atoms with van der Waals surface area (Å²) in [6.07, 6.45) is 0.804. The van der Waals surface area contributed by atoms with E-state index in [1.807, 2.05) is 49.4 Å². The minimum atomic E-state index is -0.661. The third-order valence-corrected chi connectivity index (χ3v) is 3.58. The molecule has 2 rings (SSSR count). The first-order chi connectivity index (χ1) is 12.6. The van der Waals surface area contributed by atoms with E-state index in [4.69, 9.17) is 4.74 Å². The molecule has 0 fully saturated rings. The van der Waals surface area contributed by atoms with Crippen LogP contribution in [0.5, 0.6) is 0 Å². The van der Waals surface area contributed by atoms with Crippen LogP contribution in [0.25, 0.3) is 11.1 Å². The maximum atomic E-state index is 12.1. The molecule has 0 saturated carbocycles. The molecule has 6 heteroatoms. The van der Waals surface area contributed by atoms with Crippen molar-refractivity contribution in [1.29, 1.82) is 0 Å². The number of nitrogens with one attached hydrogen (secondary N) is 2. The van der Waals surface area contributed by atoms with E-state index < -0.39 is 5.97 Å². The van der Waals surface area contributed by atoms with Crippen LogP contribution in [0.3, 0.4) is 0 Å². The normalized spacial score (nSPS) is 10.0. The molecule has 0 aromatic heterocycles. The lowest BCUT2D eigenvalue weighted by Gasteiger charge is -2.08. The van der Waals surface area contributed by atoms with Crippen molar-refractivity contribution in [3.05, 3.63) is 60.2 Å². The molecule has 0 bridgehead atoms.